The van der Waals surface area contributed by atoms with Gasteiger partial charge < -0.3 is 0 Å². The quantitative estimate of drug-likeness (QED) is 0.314. The van der Waals surface area contributed by atoms with Crippen LogP contribution in [0.25, 0.3) is 0 Å². The molecule has 0 saturated carbocycles. The molecule has 0 atom stereocenters. The maximum Gasteiger partial charge on any atom is 0.142 e. The van der Waals surface area contributed by atoms with Crippen LogP contribution in [0.5, 0.6) is 0 Å². The van der Waals surface area contributed by atoms with Crippen LogP contribution in [-0.4, -0.2) is 6.29 Å². The second kappa shape index (κ2) is 15.6. The van der Waals surface area contributed by atoms with Crippen molar-refractivity contribution in [2.45, 2.75) is 13.8 Å². The molecular formula is C8H11NO. The average molecular weight is 137 g/mol. The molecule has 0 spiro atoms. The van der Waals surface area contributed by atoms with Crippen LogP contribution in [0.2, 0.25) is 0 Å². The molecule has 0 aromatic heterocycles. The average Bonchev–Trinajstić information content (AvgIpc) is 1.93. The van der Waals surface area contributed by atoms with Gasteiger partial charge in [-0.2, -0.15) is 5.26 Å². The summed E-state index contributed by atoms with van der Waals surface area (Å²) in [4.78, 5) is 9.32. The van der Waals surface area contributed by atoms with Crippen molar-refractivity contribution >= 4 is 6.29 Å². The van der Waals surface area contributed by atoms with Crippen molar-refractivity contribution in [2.24, 2.45) is 0 Å². The van der Waals surface area contributed by atoms with Gasteiger partial charge in [-0.05, 0) is 19.9 Å². The highest BCUT2D eigenvalue weighted by molar-refractivity contribution is 5.64. The number of nitrogens with zero attached hydrogens (tertiary/aromatic N) is 1. The van der Waals surface area contributed by atoms with E-state index in [9.17, 15) is 4.79 Å². The zero-order valence-electron chi connectivity index (χ0n) is 6.24. The lowest BCUT2D eigenvalue weighted by Crippen LogP contribution is -1.50. The molecule has 0 amide bonds. The summed E-state index contributed by atoms with van der Waals surface area (Å²) in [5.41, 5.74) is 0. The number of hydrogen-bond donors (Lipinski definition) is 0. The molecule has 54 valence electrons. The molecule has 2 nitrogen and oxygen atoms in total. The van der Waals surface area contributed by atoms with Gasteiger partial charge in [0.25, 0.3) is 0 Å². The second-order valence-electron chi connectivity index (χ2n) is 1.29. The lowest BCUT2D eigenvalue weighted by atomic mass is 10.6. The van der Waals surface area contributed by atoms with Gasteiger partial charge in [-0.1, -0.05) is 12.2 Å². The number of hydrogen-bond acceptors (Lipinski definition) is 2. The fraction of sp³-hybridized carbons (Fsp3) is 0.250. The maximum absolute atomic E-state index is 9.32. The Morgan fingerprint density at radius 2 is 1.90 bits per heavy atom. The molecule has 0 N–H and O–H groups in total. The van der Waals surface area contributed by atoms with Gasteiger partial charge in [0.2, 0.25) is 0 Å². The van der Waals surface area contributed by atoms with Crippen LogP contribution in [0.3, 0.4) is 0 Å². The first-order valence-corrected chi connectivity index (χ1v) is 2.90. The summed E-state index contributed by atoms with van der Waals surface area (Å²) in [5, 5.41) is 7.73. The van der Waals surface area contributed by atoms with Gasteiger partial charge in [0.1, 0.15) is 6.29 Å². The van der Waals surface area contributed by atoms with Crippen molar-refractivity contribution in [1.82, 2.24) is 0 Å². The Labute approximate surface area is 61.5 Å². The maximum atomic E-state index is 9.32. The van der Waals surface area contributed by atoms with Crippen molar-refractivity contribution in [1.29, 1.82) is 5.26 Å². The standard InChI is InChI=1S/C4H5N.C4H6O/c2*1-2-3-4-5/h2-3H,1H3;2-4H,1H3/b2*3-2+. The largest absolute Gasteiger partial charge is 0.299 e. The lowest BCUT2D eigenvalue weighted by molar-refractivity contribution is -0.104. The van der Waals surface area contributed by atoms with E-state index >= 15 is 0 Å². The van der Waals surface area contributed by atoms with E-state index in [1.165, 1.54) is 12.2 Å². The molecule has 2 heteroatoms. The highest BCUT2D eigenvalue weighted by Crippen LogP contribution is 1.58. The normalized spacial score (nSPS) is 8.50. The van der Waals surface area contributed by atoms with Gasteiger partial charge in [-0.25, -0.2) is 0 Å². The zero-order chi connectivity index (χ0) is 8.24. The summed E-state index contributed by atoms with van der Waals surface area (Å²) in [6.07, 6.45) is 7.01. The van der Waals surface area contributed by atoms with Crippen molar-refractivity contribution in [2.75, 3.05) is 0 Å². The highest BCUT2D eigenvalue weighted by atomic mass is 16.1. The predicted molar refractivity (Wildman–Crippen MR) is 41.3 cm³/mol. The van der Waals surface area contributed by atoms with Crippen LogP contribution in [0.4, 0.5) is 0 Å². The van der Waals surface area contributed by atoms with Crippen molar-refractivity contribution in [3.8, 4) is 6.07 Å². The molecule has 0 aromatic carbocycles. The van der Waals surface area contributed by atoms with Crippen molar-refractivity contribution in [3.05, 3.63) is 24.3 Å². The first-order valence-electron chi connectivity index (χ1n) is 2.90. The van der Waals surface area contributed by atoms with Crippen LogP contribution in [0, 0.1) is 11.3 Å². The Morgan fingerprint density at radius 1 is 1.30 bits per heavy atom. The van der Waals surface area contributed by atoms with E-state index in [4.69, 9.17) is 5.26 Å². The molecule has 0 aliphatic carbocycles. The summed E-state index contributed by atoms with van der Waals surface area (Å²) in [7, 11) is 0. The number of rotatable bonds is 1. The van der Waals surface area contributed by atoms with Crippen molar-refractivity contribution < 1.29 is 4.79 Å². The van der Waals surface area contributed by atoms with Crippen LogP contribution in [-0.2, 0) is 4.79 Å². The summed E-state index contributed by atoms with van der Waals surface area (Å²) >= 11 is 0. The van der Waals surface area contributed by atoms with E-state index in [-0.39, 0.29) is 0 Å². The van der Waals surface area contributed by atoms with E-state index < -0.39 is 0 Å². The van der Waals surface area contributed by atoms with Crippen LogP contribution >= 0.6 is 0 Å². The first kappa shape index (κ1) is 11.4. The Morgan fingerprint density at radius 3 is 1.90 bits per heavy atom. The number of carbonyl (C=O) groups is 1. The molecule has 0 heterocycles. The van der Waals surface area contributed by atoms with Crippen LogP contribution in [0.1, 0.15) is 13.8 Å². The smallest absolute Gasteiger partial charge is 0.142 e. The molecule has 0 saturated heterocycles. The van der Waals surface area contributed by atoms with Gasteiger partial charge >= 0.3 is 0 Å². The zero-order valence-corrected chi connectivity index (χ0v) is 6.24. The third kappa shape index (κ3) is 30.3. The second-order valence-corrected chi connectivity index (χ2v) is 1.29. The van der Waals surface area contributed by atoms with Gasteiger partial charge in [-0.15, -0.1) is 0 Å². The van der Waals surface area contributed by atoms with Gasteiger partial charge in [0.05, 0.1) is 6.07 Å². The highest BCUT2D eigenvalue weighted by Gasteiger charge is 1.48. The Bertz CT molecular complexity index is 151. The third-order valence-corrected chi connectivity index (χ3v) is 0.512. The van der Waals surface area contributed by atoms with Gasteiger partial charge in [0, 0.05) is 6.08 Å². The van der Waals surface area contributed by atoms with Gasteiger partial charge in [0.15, 0.2) is 0 Å². The molecule has 0 aliphatic rings. The lowest BCUT2D eigenvalue weighted by Gasteiger charge is -1.51. The molecule has 0 bridgehead atoms. The fourth-order valence-electron chi connectivity index (χ4n) is 0.153. The van der Waals surface area contributed by atoms with Crippen LogP contribution < -0.4 is 0 Å². The van der Waals surface area contributed by atoms with E-state index in [1.807, 2.05) is 13.0 Å². The van der Waals surface area contributed by atoms with Crippen LogP contribution in [0.15, 0.2) is 24.3 Å². The topological polar surface area (TPSA) is 40.9 Å². The third-order valence-electron chi connectivity index (χ3n) is 0.512. The predicted octanol–water partition coefficient (Wildman–Crippen LogP) is 1.85. The van der Waals surface area contributed by atoms with Crippen molar-refractivity contribution in [3.63, 3.8) is 0 Å². The minimum absolute atomic E-state index is 0.750. The molecule has 0 rings (SSSR count). The Hall–Kier alpha value is -1.36. The molecule has 0 aromatic rings. The molecule has 0 fully saturated rings. The van der Waals surface area contributed by atoms with E-state index in [0.717, 1.165) is 6.29 Å². The van der Waals surface area contributed by atoms with E-state index in [2.05, 4.69) is 0 Å². The minimum atomic E-state index is 0.750. The Balaban J connectivity index is 0. The monoisotopic (exact) mass is 137 g/mol. The summed E-state index contributed by atoms with van der Waals surface area (Å²) in [6.45, 7) is 3.61. The summed E-state index contributed by atoms with van der Waals surface area (Å²) in [6, 6.07) is 1.84. The molecular weight excluding hydrogens is 126 g/mol. The number of aldehydes is 1. The first-order chi connectivity index (χ1) is 4.83. The van der Waals surface area contributed by atoms with E-state index in [1.54, 1.807) is 19.1 Å². The number of nitriles is 1. The molecule has 0 aliphatic heterocycles. The number of allylic oxidation sites excluding steroid dienone is 4. The SMILES string of the molecule is C/C=C/C#N.C/C=C/C=O. The summed E-state index contributed by atoms with van der Waals surface area (Å²) in [5.74, 6) is 0. The minimum Gasteiger partial charge on any atom is -0.299 e. The van der Waals surface area contributed by atoms with E-state index in [0.29, 0.717) is 0 Å². The molecule has 0 unspecified atom stereocenters. The number of carbonyl (C=O) groups excluding carboxylic acids is 1. The molecule has 10 heavy (non-hydrogen) atoms. The summed E-state index contributed by atoms with van der Waals surface area (Å²) < 4.78 is 0. The Kier molecular flexibility index (Phi) is 17.9. The fourth-order valence-corrected chi connectivity index (χ4v) is 0.153. The molecule has 0 radical (unpaired) electrons. The van der Waals surface area contributed by atoms with Gasteiger partial charge in [-0.3, -0.25) is 4.79 Å².